The van der Waals surface area contributed by atoms with E-state index in [0.717, 1.165) is 18.2 Å². The lowest BCUT2D eigenvalue weighted by Crippen LogP contribution is -2.10. The van der Waals surface area contributed by atoms with Gasteiger partial charge in [0.2, 0.25) is 5.91 Å². The van der Waals surface area contributed by atoms with E-state index in [-0.39, 0.29) is 16.6 Å². The van der Waals surface area contributed by atoms with Gasteiger partial charge in [0.05, 0.1) is 20.3 Å². The van der Waals surface area contributed by atoms with Gasteiger partial charge in [-0.15, -0.1) is 0 Å². The molecule has 0 atom stereocenters. The number of amides is 1. The Balaban J connectivity index is 0.000000494. The lowest BCUT2D eigenvalue weighted by Gasteiger charge is -1.94. The van der Waals surface area contributed by atoms with Crippen LogP contribution < -0.4 is 5.73 Å². The number of primary amides is 1. The van der Waals surface area contributed by atoms with Gasteiger partial charge in [0.25, 0.3) is 11.4 Å². The number of rotatable bonds is 3. The quantitative estimate of drug-likeness (QED) is 0.367. The minimum absolute atomic E-state index is 0.115. The molecule has 0 fully saturated rings. The van der Waals surface area contributed by atoms with Gasteiger partial charge in [-0.05, 0) is 6.07 Å². The van der Waals surface area contributed by atoms with Crippen LogP contribution in [-0.4, -0.2) is 20.2 Å². The van der Waals surface area contributed by atoms with Gasteiger partial charge in [-0.3, -0.25) is 25.0 Å². The van der Waals surface area contributed by atoms with Crippen molar-refractivity contribution in [2.24, 2.45) is 5.73 Å². The maximum atomic E-state index is 10.3. The molecular weight excluding hydrogens is 380 g/mol. The number of hydrogen-bond donors (Lipinski definition) is 1. The number of non-ortho nitro benzene ring substituents is 1. The molecule has 2 N–H and O–H groups in total. The van der Waals surface area contributed by atoms with Crippen LogP contribution in [0.1, 0.15) is 0 Å². The summed E-state index contributed by atoms with van der Waals surface area (Å²) in [5.74, 6) is -0.259. The smallest absolute Gasteiger partial charge is 0.294 e. The van der Waals surface area contributed by atoms with Crippen LogP contribution in [-0.2, 0) is 4.79 Å². The monoisotopic (exact) mass is 387 g/mol. The summed E-state index contributed by atoms with van der Waals surface area (Å²) in [6, 6.07) is 3.05. The third kappa shape index (κ3) is 5.72. The van der Waals surface area contributed by atoms with Gasteiger partial charge in [0, 0.05) is 6.07 Å². The third-order valence-corrected chi connectivity index (χ3v) is 2.54. The third-order valence-electron chi connectivity index (χ3n) is 1.47. The van der Waals surface area contributed by atoms with Crippen LogP contribution in [0.5, 0.6) is 0 Å². The first-order valence-electron chi connectivity index (χ1n) is 4.22. The first-order valence-corrected chi connectivity index (χ1v) is 6.12. The van der Waals surface area contributed by atoms with Crippen molar-refractivity contribution in [3.05, 3.63) is 43.5 Å². The molecule has 0 spiro atoms. The summed E-state index contributed by atoms with van der Waals surface area (Å²) < 4.78 is 0.414. The maximum absolute atomic E-state index is 10.3. The first-order chi connectivity index (χ1) is 8.29. The number of nitrogens with two attached hydrogens (primary N) is 1. The van der Waals surface area contributed by atoms with Crippen LogP contribution in [0, 0.1) is 20.2 Å². The summed E-state index contributed by atoms with van der Waals surface area (Å²) in [5, 5.41) is 20.4. The molecule has 0 unspecified atom stereocenters. The van der Waals surface area contributed by atoms with Gasteiger partial charge in [-0.25, -0.2) is 0 Å². The number of halogens is 2. The van der Waals surface area contributed by atoms with E-state index < -0.39 is 15.5 Å². The Labute approximate surface area is 120 Å². The highest BCUT2D eigenvalue weighted by molar-refractivity contribution is 14.1. The van der Waals surface area contributed by atoms with Crippen molar-refractivity contribution < 1.29 is 14.6 Å². The van der Waals surface area contributed by atoms with Crippen LogP contribution in [0.3, 0.4) is 0 Å². The molecule has 1 aromatic rings. The minimum Gasteiger partial charge on any atom is -0.369 e. The standard InChI is InChI=1S/C6H3ClN2O4.C2H4INO/c7-5-2-1-4(8(10)11)3-6(5)9(12)13;3-1-2(4)5/h1-3H;1H2,(H2,4,5). The average Bonchev–Trinajstić information content (AvgIpc) is 2.29. The molecule has 0 aliphatic rings. The minimum atomic E-state index is -0.769. The highest BCUT2D eigenvalue weighted by atomic mass is 127. The second-order valence-corrected chi connectivity index (χ2v) is 3.92. The number of nitro benzene ring substituents is 2. The number of carbonyl (C=O) groups excluding carboxylic acids is 1. The lowest BCUT2D eigenvalue weighted by atomic mass is 10.3. The number of nitro groups is 2. The van der Waals surface area contributed by atoms with Crippen molar-refractivity contribution in [1.29, 1.82) is 0 Å². The average molecular weight is 388 g/mol. The molecule has 0 saturated carbocycles. The van der Waals surface area contributed by atoms with Crippen molar-refractivity contribution in [3.63, 3.8) is 0 Å². The maximum Gasteiger partial charge on any atom is 0.294 e. The SMILES string of the molecule is NC(=O)CI.O=[N+]([O-])c1ccc(Cl)c([N+](=O)[O-])c1. The van der Waals surface area contributed by atoms with E-state index in [4.69, 9.17) is 11.6 Å². The molecule has 0 aliphatic heterocycles. The van der Waals surface area contributed by atoms with Gasteiger partial charge >= 0.3 is 0 Å². The Morgan fingerprint density at radius 1 is 1.33 bits per heavy atom. The molecule has 0 saturated heterocycles. The van der Waals surface area contributed by atoms with Gasteiger partial charge < -0.3 is 5.73 Å². The van der Waals surface area contributed by atoms with Gasteiger partial charge in [0.1, 0.15) is 5.02 Å². The van der Waals surface area contributed by atoms with Crippen molar-refractivity contribution in [2.45, 2.75) is 0 Å². The highest BCUT2D eigenvalue weighted by Crippen LogP contribution is 2.28. The number of alkyl halides is 1. The molecule has 98 valence electrons. The van der Waals surface area contributed by atoms with Gasteiger partial charge in [-0.1, -0.05) is 34.2 Å². The summed E-state index contributed by atoms with van der Waals surface area (Å²) >= 11 is 7.33. The fourth-order valence-corrected chi connectivity index (χ4v) is 0.941. The van der Waals surface area contributed by atoms with E-state index in [1.54, 1.807) is 0 Å². The predicted octanol–water partition coefficient (Wildman–Crippen LogP) is 2.06. The van der Waals surface area contributed by atoms with Crippen LogP contribution in [0.4, 0.5) is 11.4 Å². The highest BCUT2D eigenvalue weighted by Gasteiger charge is 2.17. The Kier molecular flexibility index (Phi) is 7.12. The Bertz CT molecular complexity index is 482. The van der Waals surface area contributed by atoms with Crippen molar-refractivity contribution >= 4 is 51.5 Å². The van der Waals surface area contributed by atoms with Crippen molar-refractivity contribution in [2.75, 3.05) is 4.43 Å². The Hall–Kier alpha value is -1.49. The van der Waals surface area contributed by atoms with E-state index >= 15 is 0 Å². The zero-order valence-corrected chi connectivity index (χ0v) is 11.6. The first kappa shape index (κ1) is 16.5. The van der Waals surface area contributed by atoms with Crippen LogP contribution in [0.25, 0.3) is 0 Å². The van der Waals surface area contributed by atoms with Crippen molar-refractivity contribution in [1.82, 2.24) is 0 Å². The molecule has 1 aromatic carbocycles. The van der Waals surface area contributed by atoms with Crippen LogP contribution in [0.15, 0.2) is 18.2 Å². The second kappa shape index (κ2) is 7.76. The largest absolute Gasteiger partial charge is 0.369 e. The molecule has 0 radical (unpaired) electrons. The lowest BCUT2D eigenvalue weighted by molar-refractivity contribution is -0.394. The van der Waals surface area contributed by atoms with Gasteiger partial charge in [0.15, 0.2) is 0 Å². The normalized spacial score (nSPS) is 9.00. The molecule has 10 heteroatoms. The van der Waals surface area contributed by atoms with Gasteiger partial charge in [-0.2, -0.15) is 0 Å². The Morgan fingerprint density at radius 3 is 2.17 bits per heavy atom. The second-order valence-electron chi connectivity index (χ2n) is 2.75. The molecule has 0 bridgehead atoms. The summed E-state index contributed by atoms with van der Waals surface area (Å²) in [6.45, 7) is 0. The zero-order chi connectivity index (χ0) is 14.3. The number of benzene rings is 1. The molecule has 1 amide bonds. The fraction of sp³-hybridized carbons (Fsp3) is 0.125. The molecule has 0 heterocycles. The van der Waals surface area contributed by atoms with Crippen molar-refractivity contribution in [3.8, 4) is 0 Å². The van der Waals surface area contributed by atoms with E-state index in [1.165, 1.54) is 0 Å². The predicted molar refractivity (Wildman–Crippen MR) is 72.8 cm³/mol. The van der Waals surface area contributed by atoms with E-state index in [0.29, 0.717) is 4.43 Å². The summed E-state index contributed by atoms with van der Waals surface area (Å²) in [5.41, 5.74) is 3.83. The number of hydrogen-bond acceptors (Lipinski definition) is 5. The topological polar surface area (TPSA) is 129 Å². The Morgan fingerprint density at radius 2 is 1.83 bits per heavy atom. The van der Waals surface area contributed by atoms with Crippen LogP contribution in [0.2, 0.25) is 5.02 Å². The van der Waals surface area contributed by atoms with E-state index in [1.807, 2.05) is 22.6 Å². The zero-order valence-electron chi connectivity index (χ0n) is 8.71. The number of nitrogens with zero attached hydrogens (tertiary/aromatic N) is 2. The number of carbonyl (C=O) groups is 1. The molecule has 0 aliphatic carbocycles. The van der Waals surface area contributed by atoms with Crippen LogP contribution >= 0.6 is 34.2 Å². The summed E-state index contributed by atoms with van der Waals surface area (Å²) in [4.78, 5) is 28.6. The molecule has 1 rings (SSSR count). The molecule has 0 aromatic heterocycles. The molecule has 8 nitrogen and oxygen atoms in total. The van der Waals surface area contributed by atoms with E-state index in [9.17, 15) is 25.0 Å². The summed E-state index contributed by atoms with van der Waals surface area (Å²) in [6.07, 6.45) is 0. The summed E-state index contributed by atoms with van der Waals surface area (Å²) in [7, 11) is 0. The molecule has 18 heavy (non-hydrogen) atoms. The fourth-order valence-electron chi connectivity index (χ4n) is 0.755. The van der Waals surface area contributed by atoms with E-state index in [2.05, 4.69) is 5.73 Å². The molecular formula is C8H7ClIN3O5.